The fraction of sp³-hybridized carbons (Fsp3) is 0.240. The lowest BCUT2D eigenvalue weighted by Crippen LogP contribution is -2.34. The summed E-state index contributed by atoms with van der Waals surface area (Å²) in [5.74, 6) is -0.961. The molecule has 0 aliphatic heterocycles. The van der Waals surface area contributed by atoms with Gasteiger partial charge in [0, 0.05) is 23.3 Å². The van der Waals surface area contributed by atoms with Gasteiger partial charge in [-0.2, -0.15) is 0 Å². The van der Waals surface area contributed by atoms with Crippen molar-refractivity contribution in [1.29, 1.82) is 0 Å². The Hall–Kier alpha value is -3.59. The summed E-state index contributed by atoms with van der Waals surface area (Å²) in [6.07, 6.45) is 1.25. The zero-order chi connectivity index (χ0) is 24.9. The third-order valence-electron chi connectivity index (χ3n) is 5.44. The van der Waals surface area contributed by atoms with Crippen molar-refractivity contribution in [3.63, 3.8) is 0 Å². The van der Waals surface area contributed by atoms with Crippen molar-refractivity contribution < 1.29 is 22.4 Å². The second-order valence-corrected chi connectivity index (χ2v) is 10.6. The summed E-state index contributed by atoms with van der Waals surface area (Å²) in [6, 6.07) is 15.4. The van der Waals surface area contributed by atoms with Gasteiger partial charge in [-0.3, -0.25) is 14.6 Å². The number of rotatable bonds is 8. The second-order valence-electron chi connectivity index (χ2n) is 8.28. The number of benzene rings is 2. The number of aromatic nitrogens is 1. The van der Waals surface area contributed by atoms with E-state index in [0.29, 0.717) is 17.1 Å². The molecule has 0 atom stereocenters. The van der Waals surface area contributed by atoms with Crippen molar-refractivity contribution in [2.45, 2.75) is 37.5 Å². The lowest BCUT2D eigenvalue weighted by atomic mass is 9.83. The Kier molecular flexibility index (Phi) is 7.46. The largest absolute Gasteiger partial charge is 0.326 e. The van der Waals surface area contributed by atoms with E-state index >= 15 is 0 Å². The Morgan fingerprint density at radius 3 is 2.06 bits per heavy atom. The first-order valence-corrected chi connectivity index (χ1v) is 12.3. The van der Waals surface area contributed by atoms with Crippen LogP contribution in [-0.4, -0.2) is 31.0 Å². The molecule has 0 radical (unpaired) electrons. The molecule has 0 aliphatic rings. The summed E-state index contributed by atoms with van der Waals surface area (Å²) in [4.78, 5) is 29.3. The van der Waals surface area contributed by atoms with Crippen molar-refractivity contribution in [3.05, 3.63) is 83.9 Å². The summed E-state index contributed by atoms with van der Waals surface area (Å²) in [7, 11) is -3.34. The highest BCUT2D eigenvalue weighted by Gasteiger charge is 2.30. The molecule has 34 heavy (non-hydrogen) atoms. The fourth-order valence-electron chi connectivity index (χ4n) is 3.16. The third kappa shape index (κ3) is 6.05. The van der Waals surface area contributed by atoms with Crippen molar-refractivity contribution in [1.82, 2.24) is 4.98 Å². The highest BCUT2D eigenvalue weighted by Crippen LogP contribution is 2.26. The Morgan fingerprint density at radius 2 is 1.50 bits per heavy atom. The number of nitrogens with one attached hydrogen (secondary N) is 2. The molecule has 0 saturated heterocycles. The van der Waals surface area contributed by atoms with Crippen molar-refractivity contribution >= 4 is 33.0 Å². The van der Waals surface area contributed by atoms with Gasteiger partial charge >= 0.3 is 0 Å². The van der Waals surface area contributed by atoms with E-state index < -0.39 is 15.3 Å². The van der Waals surface area contributed by atoms with E-state index in [1.54, 1.807) is 45.0 Å². The Bertz CT molecular complexity index is 1270. The minimum Gasteiger partial charge on any atom is -0.326 e. The number of carbonyl (C=O) groups excluding carboxylic acids is 2. The first-order chi connectivity index (χ1) is 16.0. The lowest BCUT2D eigenvalue weighted by Gasteiger charge is -2.24. The topological polar surface area (TPSA) is 105 Å². The van der Waals surface area contributed by atoms with Crippen LogP contribution < -0.4 is 10.6 Å². The maximum absolute atomic E-state index is 13.1. The number of carbonyl (C=O) groups is 2. The number of amides is 2. The van der Waals surface area contributed by atoms with Crippen LogP contribution in [0.1, 0.15) is 32.0 Å². The van der Waals surface area contributed by atoms with E-state index in [-0.39, 0.29) is 34.7 Å². The van der Waals surface area contributed by atoms with Gasteiger partial charge in [-0.25, -0.2) is 12.8 Å². The van der Waals surface area contributed by atoms with Gasteiger partial charge in [0.25, 0.3) is 0 Å². The SMILES string of the molecule is CCS(=O)(=O)c1ccc(CC(=O)Nc2ccc(C(C)(C)C(=O)Nc3ccc(F)cc3)cc2)nc1. The Balaban J connectivity index is 1.61. The van der Waals surface area contributed by atoms with Crippen LogP contribution in [0.15, 0.2) is 71.8 Å². The Labute approximate surface area is 198 Å². The zero-order valence-corrected chi connectivity index (χ0v) is 19.9. The van der Waals surface area contributed by atoms with E-state index in [9.17, 15) is 22.4 Å². The Morgan fingerprint density at radius 1 is 0.912 bits per heavy atom. The van der Waals surface area contributed by atoms with E-state index in [0.717, 1.165) is 5.56 Å². The summed E-state index contributed by atoms with van der Waals surface area (Å²) in [6.45, 7) is 5.10. The van der Waals surface area contributed by atoms with E-state index in [1.807, 2.05) is 0 Å². The summed E-state index contributed by atoms with van der Waals surface area (Å²) in [5, 5.41) is 5.55. The van der Waals surface area contributed by atoms with Gasteiger partial charge in [0.15, 0.2) is 9.84 Å². The number of halogens is 1. The van der Waals surface area contributed by atoms with Gasteiger partial charge in [-0.1, -0.05) is 19.1 Å². The molecule has 2 aromatic carbocycles. The van der Waals surface area contributed by atoms with Crippen LogP contribution in [0.3, 0.4) is 0 Å². The molecule has 3 aromatic rings. The maximum Gasteiger partial charge on any atom is 0.234 e. The predicted octanol–water partition coefficient (Wildman–Crippen LogP) is 4.11. The monoisotopic (exact) mass is 483 g/mol. The van der Waals surface area contributed by atoms with Gasteiger partial charge in [0.05, 0.1) is 22.5 Å². The minimum absolute atomic E-state index is 0.0141. The van der Waals surface area contributed by atoms with Crippen molar-refractivity contribution in [2.75, 3.05) is 16.4 Å². The van der Waals surface area contributed by atoms with Crippen LogP contribution in [0.25, 0.3) is 0 Å². The molecule has 0 saturated carbocycles. The summed E-state index contributed by atoms with van der Waals surface area (Å²) < 4.78 is 36.8. The molecule has 0 aliphatic carbocycles. The average Bonchev–Trinajstić information content (AvgIpc) is 2.81. The molecule has 0 unspecified atom stereocenters. The van der Waals surface area contributed by atoms with Crippen LogP contribution in [0.2, 0.25) is 0 Å². The highest BCUT2D eigenvalue weighted by atomic mass is 32.2. The van der Waals surface area contributed by atoms with Crippen LogP contribution in [0.5, 0.6) is 0 Å². The molecule has 0 spiro atoms. The van der Waals surface area contributed by atoms with Gasteiger partial charge < -0.3 is 10.6 Å². The predicted molar refractivity (Wildman–Crippen MR) is 129 cm³/mol. The normalized spacial score (nSPS) is 11.6. The summed E-state index contributed by atoms with van der Waals surface area (Å²) >= 11 is 0. The number of nitrogens with zero attached hydrogens (tertiary/aromatic N) is 1. The molecule has 3 rings (SSSR count). The maximum atomic E-state index is 13.1. The van der Waals surface area contributed by atoms with Gasteiger partial charge in [-0.05, 0) is 67.9 Å². The van der Waals surface area contributed by atoms with Gasteiger partial charge in [0.2, 0.25) is 11.8 Å². The first-order valence-electron chi connectivity index (χ1n) is 10.7. The molecular formula is C25H26FN3O4S. The second kappa shape index (κ2) is 10.1. The number of hydrogen-bond acceptors (Lipinski definition) is 5. The number of sulfone groups is 1. The van der Waals surface area contributed by atoms with Gasteiger partial charge in [-0.15, -0.1) is 0 Å². The lowest BCUT2D eigenvalue weighted by molar-refractivity contribution is -0.120. The first kappa shape index (κ1) is 25.0. The fourth-order valence-corrected chi connectivity index (χ4v) is 3.98. The van der Waals surface area contributed by atoms with Crippen LogP contribution >= 0.6 is 0 Å². The zero-order valence-electron chi connectivity index (χ0n) is 19.1. The van der Waals surface area contributed by atoms with E-state index in [4.69, 9.17) is 0 Å². The molecular weight excluding hydrogens is 457 g/mol. The number of pyridine rings is 1. The minimum atomic E-state index is -3.34. The molecule has 1 heterocycles. The molecule has 1 aromatic heterocycles. The standard InChI is InChI=1S/C25H26FN3O4S/c1-4-34(32,33)22-14-13-21(27-16-22)15-23(30)28-19-9-5-17(6-10-19)25(2,3)24(31)29-20-11-7-18(26)8-12-20/h5-14,16H,4,15H2,1-3H3,(H,28,30)(H,29,31). The highest BCUT2D eigenvalue weighted by molar-refractivity contribution is 7.91. The average molecular weight is 484 g/mol. The van der Waals surface area contributed by atoms with E-state index in [2.05, 4.69) is 15.6 Å². The third-order valence-corrected chi connectivity index (χ3v) is 7.16. The van der Waals surface area contributed by atoms with Crippen molar-refractivity contribution in [3.8, 4) is 0 Å². The van der Waals surface area contributed by atoms with E-state index in [1.165, 1.54) is 42.6 Å². The molecule has 2 amide bonds. The van der Waals surface area contributed by atoms with Crippen LogP contribution in [0, 0.1) is 5.82 Å². The molecule has 9 heteroatoms. The number of anilines is 2. The van der Waals surface area contributed by atoms with Crippen LogP contribution in [-0.2, 0) is 31.3 Å². The van der Waals surface area contributed by atoms with Crippen molar-refractivity contribution in [2.24, 2.45) is 0 Å². The molecule has 0 fully saturated rings. The smallest absolute Gasteiger partial charge is 0.234 e. The number of hydrogen-bond donors (Lipinski definition) is 2. The van der Waals surface area contributed by atoms with Gasteiger partial charge in [0.1, 0.15) is 5.82 Å². The molecule has 178 valence electrons. The summed E-state index contributed by atoms with van der Waals surface area (Å²) in [5.41, 5.74) is 1.36. The quantitative estimate of drug-likeness (QED) is 0.502. The van der Waals surface area contributed by atoms with Crippen LogP contribution in [0.4, 0.5) is 15.8 Å². The molecule has 2 N–H and O–H groups in total. The molecule has 0 bridgehead atoms. The molecule has 7 nitrogen and oxygen atoms in total.